The van der Waals surface area contributed by atoms with Crippen molar-refractivity contribution in [1.82, 2.24) is 5.32 Å². The van der Waals surface area contributed by atoms with E-state index in [1.54, 1.807) is 20.8 Å². The Morgan fingerprint density at radius 2 is 1.85 bits per heavy atom. The molecule has 20 heavy (non-hydrogen) atoms. The molecule has 0 saturated carbocycles. The first kappa shape index (κ1) is 17.1. The summed E-state index contributed by atoms with van der Waals surface area (Å²) in [6.07, 6.45) is -4.64. The molecule has 0 aliphatic heterocycles. The summed E-state index contributed by atoms with van der Waals surface area (Å²) in [4.78, 5) is 0. The maximum absolute atomic E-state index is 13.2. The normalized spacial score (nSPS) is 14.4. The molecular weight excluding hydrogens is 293 g/mol. The lowest BCUT2D eigenvalue weighted by Crippen LogP contribution is -2.41. The molecule has 0 bridgehead atoms. The zero-order valence-electron chi connectivity index (χ0n) is 11.5. The molecular formula is C13H18ClF3N2O. The van der Waals surface area contributed by atoms with Crippen LogP contribution in [0, 0.1) is 0 Å². The van der Waals surface area contributed by atoms with Crippen molar-refractivity contribution in [3.8, 4) is 0 Å². The van der Waals surface area contributed by atoms with E-state index in [4.69, 9.17) is 17.3 Å². The van der Waals surface area contributed by atoms with Gasteiger partial charge >= 0.3 is 6.18 Å². The molecule has 1 aromatic rings. The van der Waals surface area contributed by atoms with Crippen LogP contribution in [-0.2, 0) is 6.18 Å². The minimum atomic E-state index is -4.64. The van der Waals surface area contributed by atoms with Gasteiger partial charge in [0.15, 0.2) is 0 Å². The molecule has 1 atom stereocenters. The first-order valence-electron chi connectivity index (χ1n) is 6.01. The van der Waals surface area contributed by atoms with Gasteiger partial charge in [0.25, 0.3) is 0 Å². The Balaban J connectivity index is 3.40. The average molecular weight is 311 g/mol. The van der Waals surface area contributed by atoms with Crippen molar-refractivity contribution in [3.63, 3.8) is 0 Å². The maximum atomic E-state index is 13.2. The van der Waals surface area contributed by atoms with Gasteiger partial charge in [0.1, 0.15) is 0 Å². The second-order valence-electron chi connectivity index (χ2n) is 5.56. The average Bonchev–Trinajstić information content (AvgIpc) is 2.26. The first-order valence-corrected chi connectivity index (χ1v) is 6.39. The fourth-order valence-electron chi connectivity index (χ4n) is 1.93. The molecule has 4 N–H and O–H groups in total. The van der Waals surface area contributed by atoms with Gasteiger partial charge in [0.05, 0.1) is 28.9 Å². The fraction of sp³-hybridized carbons (Fsp3) is 0.538. The van der Waals surface area contributed by atoms with Crippen molar-refractivity contribution in [2.45, 2.75) is 38.5 Å². The zero-order valence-corrected chi connectivity index (χ0v) is 12.2. The standard InChI is InChI=1S/C13H18ClF3N2O/c1-12(2,3)19-9(6-20)7-4-5-8(18)11(14)10(7)13(15,16)17/h4-5,9,19-20H,6,18H2,1-3H3/t9-/m1/s1. The Morgan fingerprint density at radius 3 is 2.25 bits per heavy atom. The molecule has 0 fully saturated rings. The van der Waals surface area contributed by atoms with Crippen molar-refractivity contribution in [3.05, 3.63) is 28.3 Å². The number of anilines is 1. The number of nitrogen functional groups attached to an aromatic ring is 1. The van der Waals surface area contributed by atoms with Crippen LogP contribution >= 0.6 is 11.6 Å². The number of nitrogens with two attached hydrogens (primary N) is 1. The summed E-state index contributed by atoms with van der Waals surface area (Å²) in [5.41, 5.74) is 3.71. The van der Waals surface area contributed by atoms with Gasteiger partial charge in [0.2, 0.25) is 0 Å². The van der Waals surface area contributed by atoms with Crippen LogP contribution in [0.2, 0.25) is 5.02 Å². The third-order valence-corrected chi connectivity index (χ3v) is 3.06. The van der Waals surface area contributed by atoms with E-state index in [1.165, 1.54) is 12.1 Å². The number of benzene rings is 1. The molecule has 0 aliphatic rings. The largest absolute Gasteiger partial charge is 0.418 e. The third-order valence-electron chi connectivity index (χ3n) is 2.65. The van der Waals surface area contributed by atoms with Crippen molar-refractivity contribution in [1.29, 1.82) is 0 Å². The van der Waals surface area contributed by atoms with Gasteiger partial charge in [-0.05, 0) is 32.4 Å². The maximum Gasteiger partial charge on any atom is 0.418 e. The van der Waals surface area contributed by atoms with E-state index < -0.39 is 35.0 Å². The number of aliphatic hydroxyl groups excluding tert-OH is 1. The van der Waals surface area contributed by atoms with E-state index >= 15 is 0 Å². The topological polar surface area (TPSA) is 58.3 Å². The Morgan fingerprint density at radius 1 is 1.30 bits per heavy atom. The summed E-state index contributed by atoms with van der Waals surface area (Å²) in [7, 11) is 0. The number of halogens is 4. The van der Waals surface area contributed by atoms with Crippen LogP contribution in [0.15, 0.2) is 12.1 Å². The minimum absolute atomic E-state index is 0.117. The number of hydrogen-bond acceptors (Lipinski definition) is 3. The number of hydrogen-bond donors (Lipinski definition) is 3. The second kappa shape index (κ2) is 5.79. The molecule has 0 unspecified atom stereocenters. The molecule has 7 heteroatoms. The molecule has 1 aromatic carbocycles. The van der Waals surface area contributed by atoms with Crippen molar-refractivity contribution >= 4 is 17.3 Å². The highest BCUT2D eigenvalue weighted by Crippen LogP contribution is 2.42. The molecule has 114 valence electrons. The summed E-state index contributed by atoms with van der Waals surface area (Å²) in [6, 6.07) is 1.66. The van der Waals surface area contributed by atoms with E-state index in [9.17, 15) is 18.3 Å². The van der Waals surface area contributed by atoms with Gasteiger partial charge in [-0.15, -0.1) is 0 Å². The Labute approximate surface area is 120 Å². The van der Waals surface area contributed by atoms with Crippen LogP contribution in [0.1, 0.15) is 37.9 Å². The van der Waals surface area contributed by atoms with Crippen LogP contribution in [0.3, 0.4) is 0 Å². The lowest BCUT2D eigenvalue weighted by atomic mass is 9.96. The highest BCUT2D eigenvalue weighted by molar-refractivity contribution is 6.34. The highest BCUT2D eigenvalue weighted by atomic mass is 35.5. The lowest BCUT2D eigenvalue weighted by molar-refractivity contribution is -0.138. The summed E-state index contributed by atoms with van der Waals surface area (Å²) < 4.78 is 39.5. The van der Waals surface area contributed by atoms with Gasteiger partial charge < -0.3 is 16.2 Å². The molecule has 0 radical (unpaired) electrons. The lowest BCUT2D eigenvalue weighted by Gasteiger charge is -2.30. The van der Waals surface area contributed by atoms with Gasteiger partial charge in [-0.1, -0.05) is 17.7 Å². The molecule has 0 aliphatic carbocycles. The van der Waals surface area contributed by atoms with Crippen LogP contribution in [0.25, 0.3) is 0 Å². The van der Waals surface area contributed by atoms with Crippen LogP contribution in [0.4, 0.5) is 18.9 Å². The third kappa shape index (κ3) is 4.01. The van der Waals surface area contributed by atoms with Crippen molar-refractivity contribution in [2.24, 2.45) is 0 Å². The van der Waals surface area contributed by atoms with Crippen molar-refractivity contribution in [2.75, 3.05) is 12.3 Å². The van der Waals surface area contributed by atoms with Crippen LogP contribution in [-0.4, -0.2) is 17.3 Å². The molecule has 0 spiro atoms. The number of rotatable bonds is 3. The van der Waals surface area contributed by atoms with E-state index in [0.717, 1.165) is 0 Å². The smallest absolute Gasteiger partial charge is 0.398 e. The predicted molar refractivity (Wildman–Crippen MR) is 73.6 cm³/mol. The Bertz CT molecular complexity index is 484. The fourth-order valence-corrected chi connectivity index (χ4v) is 2.21. The first-order chi connectivity index (χ1) is 8.97. The van der Waals surface area contributed by atoms with Gasteiger partial charge in [0, 0.05) is 5.54 Å². The quantitative estimate of drug-likeness (QED) is 0.750. The van der Waals surface area contributed by atoms with E-state index in [1.807, 2.05) is 0 Å². The van der Waals surface area contributed by atoms with Gasteiger partial charge in [-0.25, -0.2) is 0 Å². The van der Waals surface area contributed by atoms with Crippen LogP contribution in [0.5, 0.6) is 0 Å². The SMILES string of the molecule is CC(C)(C)N[C@H](CO)c1ccc(N)c(Cl)c1C(F)(F)F. The Hall–Kier alpha value is -0.980. The number of nitrogens with one attached hydrogen (secondary N) is 1. The molecule has 0 amide bonds. The summed E-state index contributed by atoms with van der Waals surface area (Å²) in [5, 5.41) is 11.8. The molecule has 0 aromatic heterocycles. The molecule has 3 nitrogen and oxygen atoms in total. The molecule has 1 rings (SSSR count). The number of alkyl halides is 3. The van der Waals surface area contributed by atoms with E-state index in [0.29, 0.717) is 0 Å². The summed E-state index contributed by atoms with van der Waals surface area (Å²) >= 11 is 5.70. The van der Waals surface area contributed by atoms with E-state index in [2.05, 4.69) is 5.32 Å². The van der Waals surface area contributed by atoms with Crippen LogP contribution < -0.4 is 11.1 Å². The zero-order chi connectivity index (χ0) is 15.7. The van der Waals surface area contributed by atoms with E-state index in [-0.39, 0.29) is 11.3 Å². The predicted octanol–water partition coefficient (Wildman–Crippen LogP) is 3.36. The summed E-state index contributed by atoms with van der Waals surface area (Å²) in [5.74, 6) is 0. The monoisotopic (exact) mass is 310 g/mol. The van der Waals surface area contributed by atoms with Gasteiger partial charge in [-0.3, -0.25) is 0 Å². The highest BCUT2D eigenvalue weighted by Gasteiger charge is 2.39. The summed E-state index contributed by atoms with van der Waals surface area (Å²) in [6.45, 7) is 4.89. The molecule has 0 saturated heterocycles. The van der Waals surface area contributed by atoms with Crippen molar-refractivity contribution < 1.29 is 18.3 Å². The molecule has 0 heterocycles. The minimum Gasteiger partial charge on any atom is -0.398 e. The second-order valence-corrected chi connectivity index (χ2v) is 5.94. The van der Waals surface area contributed by atoms with Gasteiger partial charge in [-0.2, -0.15) is 13.2 Å². The Kier molecular flexibility index (Phi) is 4.94. The number of aliphatic hydroxyl groups is 1.